The average Bonchev–Trinajstić information content (AvgIpc) is 2.73. The van der Waals surface area contributed by atoms with Gasteiger partial charge in [0.15, 0.2) is 6.10 Å². The molecular formula is C24H31N3O6. The van der Waals surface area contributed by atoms with E-state index in [0.29, 0.717) is 18.0 Å². The number of anilines is 1. The van der Waals surface area contributed by atoms with Crippen molar-refractivity contribution in [1.29, 1.82) is 0 Å². The lowest BCUT2D eigenvalue weighted by atomic mass is 10.2. The number of aromatic hydroxyl groups is 1. The first-order chi connectivity index (χ1) is 15.5. The Balaban J connectivity index is 1.71. The van der Waals surface area contributed by atoms with Gasteiger partial charge in [-0.05, 0) is 69.7 Å². The molecule has 2 rings (SSSR count). The van der Waals surface area contributed by atoms with Crippen LogP contribution < -0.4 is 20.7 Å². The van der Waals surface area contributed by atoms with Gasteiger partial charge in [-0.2, -0.15) is 0 Å². The van der Waals surface area contributed by atoms with E-state index >= 15 is 0 Å². The normalized spacial score (nSPS) is 11.8. The molecule has 2 aromatic rings. The van der Waals surface area contributed by atoms with Crippen LogP contribution in [0.25, 0.3) is 0 Å². The molecule has 0 fully saturated rings. The standard InChI is InChI=1S/C24H31N3O6/c1-16(32-20-11-9-19(28)10-12-20)22(30)26-15-17-5-7-18(8-6-17)27-21(29)13-14-25-23(31)33-24(2,3)4/h5-12,16,28H,13-15H2,1-4H3,(H,25,31)(H,26,30)(H,27,29). The van der Waals surface area contributed by atoms with E-state index in [4.69, 9.17) is 9.47 Å². The van der Waals surface area contributed by atoms with Crippen molar-refractivity contribution < 1.29 is 29.0 Å². The van der Waals surface area contributed by atoms with Crippen LogP contribution in [0.2, 0.25) is 0 Å². The van der Waals surface area contributed by atoms with Crippen molar-refractivity contribution in [2.24, 2.45) is 0 Å². The number of phenolic OH excluding ortho intramolecular Hbond substituents is 1. The second-order valence-electron chi connectivity index (χ2n) is 8.40. The number of benzene rings is 2. The highest BCUT2D eigenvalue weighted by Gasteiger charge is 2.16. The SMILES string of the molecule is CC(Oc1ccc(O)cc1)C(=O)NCc1ccc(NC(=O)CCNC(=O)OC(C)(C)C)cc1. The minimum Gasteiger partial charge on any atom is -0.508 e. The van der Waals surface area contributed by atoms with Gasteiger partial charge in [0.1, 0.15) is 17.1 Å². The molecule has 0 saturated carbocycles. The van der Waals surface area contributed by atoms with Gasteiger partial charge < -0.3 is 30.5 Å². The van der Waals surface area contributed by atoms with Gasteiger partial charge in [0.05, 0.1) is 0 Å². The number of carbonyl (C=O) groups is 3. The summed E-state index contributed by atoms with van der Waals surface area (Å²) < 4.78 is 10.7. The molecule has 4 N–H and O–H groups in total. The number of carbonyl (C=O) groups excluding carboxylic acids is 3. The molecule has 3 amide bonds. The summed E-state index contributed by atoms with van der Waals surface area (Å²) in [4.78, 5) is 35.9. The summed E-state index contributed by atoms with van der Waals surface area (Å²) in [6.45, 7) is 7.39. The molecule has 1 atom stereocenters. The Morgan fingerprint density at radius 1 is 0.970 bits per heavy atom. The molecule has 0 aliphatic heterocycles. The maximum absolute atomic E-state index is 12.2. The number of phenols is 1. The predicted octanol–water partition coefficient (Wildman–Crippen LogP) is 3.33. The lowest BCUT2D eigenvalue weighted by Gasteiger charge is -2.19. The second-order valence-corrected chi connectivity index (χ2v) is 8.40. The first-order valence-electron chi connectivity index (χ1n) is 10.6. The Morgan fingerprint density at radius 2 is 1.61 bits per heavy atom. The van der Waals surface area contributed by atoms with E-state index in [-0.39, 0.29) is 30.5 Å². The van der Waals surface area contributed by atoms with Crippen molar-refractivity contribution in [3.05, 3.63) is 54.1 Å². The van der Waals surface area contributed by atoms with Crippen LogP contribution in [0.15, 0.2) is 48.5 Å². The van der Waals surface area contributed by atoms with Crippen LogP contribution in [0.3, 0.4) is 0 Å². The van der Waals surface area contributed by atoms with Crippen LogP contribution in [0, 0.1) is 0 Å². The van der Waals surface area contributed by atoms with Gasteiger partial charge in [-0.25, -0.2) is 4.79 Å². The Labute approximate surface area is 193 Å². The van der Waals surface area contributed by atoms with Crippen LogP contribution in [-0.2, 0) is 20.9 Å². The zero-order chi connectivity index (χ0) is 24.4. The zero-order valence-corrected chi connectivity index (χ0v) is 19.3. The van der Waals surface area contributed by atoms with E-state index in [9.17, 15) is 19.5 Å². The number of alkyl carbamates (subject to hydrolysis) is 1. The topological polar surface area (TPSA) is 126 Å². The van der Waals surface area contributed by atoms with Crippen LogP contribution in [0.4, 0.5) is 10.5 Å². The number of amides is 3. The molecule has 0 spiro atoms. The molecule has 0 aliphatic carbocycles. The van der Waals surface area contributed by atoms with Crippen LogP contribution >= 0.6 is 0 Å². The molecule has 0 aromatic heterocycles. The van der Waals surface area contributed by atoms with Crippen molar-refractivity contribution in [1.82, 2.24) is 10.6 Å². The van der Waals surface area contributed by atoms with Crippen molar-refractivity contribution in [2.75, 3.05) is 11.9 Å². The molecule has 0 saturated heterocycles. The quantitative estimate of drug-likeness (QED) is 0.458. The van der Waals surface area contributed by atoms with E-state index in [1.165, 1.54) is 12.1 Å². The first-order valence-corrected chi connectivity index (χ1v) is 10.6. The molecule has 33 heavy (non-hydrogen) atoms. The maximum atomic E-state index is 12.2. The van der Waals surface area contributed by atoms with E-state index in [2.05, 4.69) is 16.0 Å². The van der Waals surface area contributed by atoms with E-state index in [1.807, 2.05) is 0 Å². The molecule has 178 valence electrons. The van der Waals surface area contributed by atoms with Gasteiger partial charge in [0.2, 0.25) is 5.91 Å². The number of rotatable bonds is 9. The third kappa shape index (κ3) is 9.94. The lowest BCUT2D eigenvalue weighted by molar-refractivity contribution is -0.127. The molecule has 1 unspecified atom stereocenters. The van der Waals surface area contributed by atoms with Crippen LogP contribution in [0.1, 0.15) is 39.7 Å². The zero-order valence-electron chi connectivity index (χ0n) is 19.3. The Hall–Kier alpha value is -3.75. The molecular weight excluding hydrogens is 426 g/mol. The average molecular weight is 458 g/mol. The van der Waals surface area contributed by atoms with Crippen LogP contribution in [-0.4, -0.2) is 41.3 Å². The van der Waals surface area contributed by atoms with Crippen molar-refractivity contribution >= 4 is 23.6 Å². The molecule has 0 heterocycles. The number of hydrogen-bond donors (Lipinski definition) is 4. The first kappa shape index (κ1) is 25.5. The Bertz CT molecular complexity index is 936. The number of ether oxygens (including phenoxy) is 2. The van der Waals surface area contributed by atoms with Gasteiger partial charge in [-0.15, -0.1) is 0 Å². The minimum absolute atomic E-state index is 0.107. The Morgan fingerprint density at radius 3 is 2.21 bits per heavy atom. The third-order valence-corrected chi connectivity index (χ3v) is 4.24. The summed E-state index contributed by atoms with van der Waals surface area (Å²) in [7, 11) is 0. The van der Waals surface area contributed by atoms with Crippen molar-refractivity contribution in [3.8, 4) is 11.5 Å². The summed E-state index contributed by atoms with van der Waals surface area (Å²) in [5, 5.41) is 17.4. The molecule has 0 aliphatic rings. The van der Waals surface area contributed by atoms with E-state index in [0.717, 1.165) is 5.56 Å². The number of hydrogen-bond acceptors (Lipinski definition) is 6. The van der Waals surface area contributed by atoms with Crippen LogP contribution in [0.5, 0.6) is 11.5 Å². The van der Waals surface area contributed by atoms with Gasteiger partial charge in [-0.1, -0.05) is 12.1 Å². The molecule has 2 aromatic carbocycles. The van der Waals surface area contributed by atoms with Crippen molar-refractivity contribution in [2.45, 2.75) is 52.4 Å². The highest BCUT2D eigenvalue weighted by atomic mass is 16.6. The fourth-order valence-corrected chi connectivity index (χ4v) is 2.64. The summed E-state index contributed by atoms with van der Waals surface area (Å²) in [6.07, 6.45) is -1.16. The van der Waals surface area contributed by atoms with Gasteiger partial charge >= 0.3 is 6.09 Å². The van der Waals surface area contributed by atoms with Gasteiger partial charge in [-0.3, -0.25) is 9.59 Å². The van der Waals surface area contributed by atoms with Gasteiger partial charge in [0.25, 0.3) is 5.91 Å². The fraction of sp³-hybridized carbons (Fsp3) is 0.375. The smallest absolute Gasteiger partial charge is 0.407 e. The van der Waals surface area contributed by atoms with Gasteiger partial charge in [0, 0.05) is 25.2 Å². The fourth-order valence-electron chi connectivity index (χ4n) is 2.64. The molecule has 9 heteroatoms. The second kappa shape index (κ2) is 11.8. The summed E-state index contributed by atoms with van der Waals surface area (Å²) in [5.41, 5.74) is 0.868. The number of nitrogens with one attached hydrogen (secondary N) is 3. The highest BCUT2D eigenvalue weighted by molar-refractivity contribution is 5.91. The summed E-state index contributed by atoms with van der Waals surface area (Å²) in [6, 6.07) is 13.2. The summed E-state index contributed by atoms with van der Waals surface area (Å²) >= 11 is 0. The summed E-state index contributed by atoms with van der Waals surface area (Å²) in [5.74, 6) is 0.0821. The lowest BCUT2D eigenvalue weighted by Crippen LogP contribution is -2.35. The van der Waals surface area contributed by atoms with E-state index in [1.54, 1.807) is 64.1 Å². The monoisotopic (exact) mass is 457 g/mol. The molecule has 9 nitrogen and oxygen atoms in total. The molecule has 0 radical (unpaired) electrons. The predicted molar refractivity (Wildman–Crippen MR) is 124 cm³/mol. The minimum atomic E-state index is -0.706. The molecule has 0 bridgehead atoms. The maximum Gasteiger partial charge on any atom is 0.407 e. The van der Waals surface area contributed by atoms with Crippen molar-refractivity contribution in [3.63, 3.8) is 0 Å². The Kier molecular flexibility index (Phi) is 9.08. The largest absolute Gasteiger partial charge is 0.508 e. The van der Waals surface area contributed by atoms with E-state index < -0.39 is 17.8 Å². The third-order valence-electron chi connectivity index (χ3n) is 4.24. The highest BCUT2D eigenvalue weighted by Crippen LogP contribution is 2.17.